The minimum absolute atomic E-state index is 0.0191. The summed E-state index contributed by atoms with van der Waals surface area (Å²) in [4.78, 5) is 11.9. The molecule has 4 nitrogen and oxygen atoms in total. The van der Waals surface area contributed by atoms with E-state index in [2.05, 4.69) is 10.6 Å². The van der Waals surface area contributed by atoms with Crippen molar-refractivity contribution in [1.29, 1.82) is 0 Å². The first-order valence-electron chi connectivity index (χ1n) is 6.55. The van der Waals surface area contributed by atoms with E-state index >= 15 is 0 Å². The second-order valence-electron chi connectivity index (χ2n) is 4.84. The number of amides is 1. The highest BCUT2D eigenvalue weighted by Gasteiger charge is 2.13. The molecule has 0 aromatic heterocycles. The number of aryl methyl sites for hydroxylation is 2. The molecule has 0 saturated carbocycles. The van der Waals surface area contributed by atoms with Crippen molar-refractivity contribution < 1.29 is 14.3 Å². The van der Waals surface area contributed by atoms with E-state index in [-0.39, 0.29) is 16.4 Å². The molecule has 2 aromatic carbocycles. The number of phenols is 1. The molecule has 6 heteroatoms. The fourth-order valence-electron chi connectivity index (χ4n) is 1.87. The number of hydrogen-bond donors (Lipinski definition) is 3. The topological polar surface area (TPSA) is 61.4 Å². The molecule has 0 spiro atoms. The van der Waals surface area contributed by atoms with Crippen molar-refractivity contribution in [2.45, 2.75) is 13.8 Å². The zero-order valence-corrected chi connectivity index (χ0v) is 12.9. The van der Waals surface area contributed by atoms with Crippen molar-refractivity contribution in [3.8, 4) is 5.75 Å². The van der Waals surface area contributed by atoms with Crippen LogP contribution in [0.15, 0.2) is 36.4 Å². The smallest absolute Gasteiger partial charge is 0.260 e. The molecule has 0 bridgehead atoms. The Hall–Kier alpha value is -2.47. The number of halogens is 1. The number of carbonyl (C=O) groups excluding carboxylic acids is 1. The molecule has 0 aliphatic heterocycles. The van der Waals surface area contributed by atoms with Gasteiger partial charge in [-0.15, -0.1) is 0 Å². The number of rotatable bonds is 2. The number of phenolic OH excluding ortho intramolecular Hbond substituents is 1. The summed E-state index contributed by atoms with van der Waals surface area (Å²) in [7, 11) is 0. The number of thiocarbonyl (C=S) groups is 1. The highest BCUT2D eigenvalue weighted by molar-refractivity contribution is 7.80. The molecule has 0 fully saturated rings. The van der Waals surface area contributed by atoms with Gasteiger partial charge in [0.25, 0.3) is 5.91 Å². The van der Waals surface area contributed by atoms with E-state index in [9.17, 15) is 14.3 Å². The van der Waals surface area contributed by atoms with Crippen LogP contribution >= 0.6 is 12.2 Å². The summed E-state index contributed by atoms with van der Waals surface area (Å²) >= 11 is 5.01. The molecule has 0 heterocycles. The van der Waals surface area contributed by atoms with Crippen molar-refractivity contribution in [1.82, 2.24) is 5.32 Å². The Morgan fingerprint density at radius 1 is 1.18 bits per heavy atom. The third-order valence-corrected chi connectivity index (χ3v) is 3.41. The molecule has 2 rings (SSSR count). The summed E-state index contributed by atoms with van der Waals surface area (Å²) < 4.78 is 13.5. The van der Waals surface area contributed by atoms with E-state index in [1.54, 1.807) is 18.2 Å². The average Bonchev–Trinajstić information content (AvgIpc) is 2.45. The SMILES string of the molecule is Cc1cc(O)c(NC(=S)NC(=O)c2ccccc2F)cc1C. The van der Waals surface area contributed by atoms with Crippen molar-refractivity contribution in [3.63, 3.8) is 0 Å². The molecule has 114 valence electrons. The molecule has 0 aliphatic rings. The van der Waals surface area contributed by atoms with Crippen LogP contribution in [0, 0.1) is 19.7 Å². The molecule has 3 N–H and O–H groups in total. The highest BCUT2D eigenvalue weighted by atomic mass is 32.1. The number of nitrogens with one attached hydrogen (secondary N) is 2. The van der Waals surface area contributed by atoms with Gasteiger partial charge in [-0.25, -0.2) is 4.39 Å². The zero-order valence-electron chi connectivity index (χ0n) is 12.1. The minimum Gasteiger partial charge on any atom is -0.506 e. The molecule has 1 amide bonds. The van der Waals surface area contributed by atoms with E-state index in [0.29, 0.717) is 5.69 Å². The average molecular weight is 318 g/mol. The van der Waals surface area contributed by atoms with Crippen LogP contribution in [-0.2, 0) is 0 Å². The van der Waals surface area contributed by atoms with E-state index in [4.69, 9.17) is 12.2 Å². The standard InChI is InChI=1S/C16H15FN2O2S/c1-9-7-13(14(20)8-10(9)2)18-16(22)19-15(21)11-5-3-4-6-12(11)17/h3-8,20H,1-2H3,(H2,18,19,21,22). The second-order valence-corrected chi connectivity index (χ2v) is 5.25. The lowest BCUT2D eigenvalue weighted by molar-refractivity contribution is 0.0974. The van der Waals surface area contributed by atoms with Crippen LogP contribution < -0.4 is 10.6 Å². The molecular formula is C16H15FN2O2S. The molecule has 22 heavy (non-hydrogen) atoms. The fourth-order valence-corrected chi connectivity index (χ4v) is 2.07. The number of benzene rings is 2. The van der Waals surface area contributed by atoms with Gasteiger partial charge in [0, 0.05) is 0 Å². The van der Waals surface area contributed by atoms with Crippen LogP contribution in [0.25, 0.3) is 0 Å². The lowest BCUT2D eigenvalue weighted by atomic mass is 10.1. The van der Waals surface area contributed by atoms with Crippen LogP contribution in [0.3, 0.4) is 0 Å². The largest absolute Gasteiger partial charge is 0.506 e. The van der Waals surface area contributed by atoms with E-state index < -0.39 is 11.7 Å². The number of aromatic hydroxyl groups is 1. The monoisotopic (exact) mass is 318 g/mol. The van der Waals surface area contributed by atoms with Gasteiger partial charge in [0.2, 0.25) is 0 Å². The summed E-state index contributed by atoms with van der Waals surface area (Å²) in [6.07, 6.45) is 0. The highest BCUT2D eigenvalue weighted by Crippen LogP contribution is 2.26. The minimum atomic E-state index is -0.654. The summed E-state index contributed by atoms with van der Waals surface area (Å²) in [5.41, 5.74) is 2.17. The zero-order chi connectivity index (χ0) is 16.3. The molecule has 2 aromatic rings. The first kappa shape index (κ1) is 15.9. The molecule has 0 saturated heterocycles. The number of anilines is 1. The van der Waals surface area contributed by atoms with E-state index in [1.165, 1.54) is 18.2 Å². The van der Waals surface area contributed by atoms with Crippen molar-refractivity contribution >= 4 is 28.9 Å². The Morgan fingerprint density at radius 2 is 1.82 bits per heavy atom. The molecule has 0 unspecified atom stereocenters. The summed E-state index contributed by atoms with van der Waals surface area (Å²) in [6.45, 7) is 3.76. The summed E-state index contributed by atoms with van der Waals surface area (Å²) in [6, 6.07) is 8.92. The number of carbonyl (C=O) groups is 1. The van der Waals surface area contributed by atoms with Gasteiger partial charge in [-0.2, -0.15) is 0 Å². The van der Waals surface area contributed by atoms with Crippen LogP contribution in [-0.4, -0.2) is 16.1 Å². The first-order chi connectivity index (χ1) is 10.4. The van der Waals surface area contributed by atoms with Crippen molar-refractivity contribution in [2.24, 2.45) is 0 Å². The Kier molecular flexibility index (Phi) is 4.72. The van der Waals surface area contributed by atoms with Gasteiger partial charge in [-0.05, 0) is 61.5 Å². The Morgan fingerprint density at radius 3 is 2.50 bits per heavy atom. The van der Waals surface area contributed by atoms with Gasteiger partial charge in [-0.1, -0.05) is 12.1 Å². The lowest BCUT2D eigenvalue weighted by Crippen LogP contribution is -2.34. The molecule has 0 radical (unpaired) electrons. The van der Waals surface area contributed by atoms with Gasteiger partial charge in [0.15, 0.2) is 5.11 Å². The summed E-state index contributed by atoms with van der Waals surface area (Å²) in [5, 5.41) is 14.9. The normalized spacial score (nSPS) is 10.1. The van der Waals surface area contributed by atoms with Gasteiger partial charge in [0.1, 0.15) is 11.6 Å². The van der Waals surface area contributed by atoms with Crippen molar-refractivity contribution in [2.75, 3.05) is 5.32 Å². The Balaban J connectivity index is 2.09. The third-order valence-electron chi connectivity index (χ3n) is 3.21. The number of hydrogen-bond acceptors (Lipinski definition) is 3. The molecule has 0 atom stereocenters. The predicted molar refractivity (Wildman–Crippen MR) is 87.7 cm³/mol. The lowest BCUT2D eigenvalue weighted by Gasteiger charge is -2.13. The van der Waals surface area contributed by atoms with Gasteiger partial charge < -0.3 is 10.4 Å². The van der Waals surface area contributed by atoms with Gasteiger partial charge in [-0.3, -0.25) is 10.1 Å². The molecular weight excluding hydrogens is 303 g/mol. The van der Waals surface area contributed by atoms with E-state index in [0.717, 1.165) is 11.1 Å². The third kappa shape index (κ3) is 3.59. The predicted octanol–water partition coefficient (Wildman–Crippen LogP) is 3.27. The van der Waals surface area contributed by atoms with Gasteiger partial charge in [0.05, 0.1) is 11.3 Å². The Labute approximate surface area is 133 Å². The maximum absolute atomic E-state index is 13.5. The Bertz CT molecular complexity index is 747. The quantitative estimate of drug-likeness (QED) is 0.587. The van der Waals surface area contributed by atoms with Crippen LogP contribution in [0.4, 0.5) is 10.1 Å². The first-order valence-corrected chi connectivity index (χ1v) is 6.96. The van der Waals surface area contributed by atoms with Crippen molar-refractivity contribution in [3.05, 3.63) is 58.9 Å². The molecule has 0 aliphatic carbocycles. The maximum atomic E-state index is 13.5. The second kappa shape index (κ2) is 6.53. The van der Waals surface area contributed by atoms with E-state index in [1.807, 2.05) is 13.8 Å². The van der Waals surface area contributed by atoms with Gasteiger partial charge >= 0.3 is 0 Å². The van der Waals surface area contributed by atoms with Crippen LogP contribution in [0.5, 0.6) is 5.75 Å². The van der Waals surface area contributed by atoms with Crippen LogP contribution in [0.2, 0.25) is 0 Å². The fraction of sp³-hybridized carbons (Fsp3) is 0.125. The summed E-state index contributed by atoms with van der Waals surface area (Å²) in [5.74, 6) is -1.26. The van der Waals surface area contributed by atoms with Crippen LogP contribution in [0.1, 0.15) is 21.5 Å². The maximum Gasteiger partial charge on any atom is 0.260 e.